The molecule has 1 aliphatic heterocycles. The molecule has 2 aromatic carbocycles. The molecule has 2 heteroatoms. The first-order valence-electron chi connectivity index (χ1n) is 6.15. The first-order chi connectivity index (χ1) is 8.58. The summed E-state index contributed by atoms with van der Waals surface area (Å²) in [6.45, 7) is 4.17. The molecule has 92 valence electrons. The fourth-order valence-corrected chi connectivity index (χ4v) is 2.79. The molecule has 2 nitrogen and oxygen atoms in total. The smallest absolute Gasteiger partial charge is 0.127 e. The molecule has 1 atom stereocenters. The summed E-state index contributed by atoms with van der Waals surface area (Å²) in [5.74, 6) is 1.24. The van der Waals surface area contributed by atoms with E-state index < -0.39 is 0 Å². The van der Waals surface area contributed by atoms with Crippen molar-refractivity contribution in [1.82, 2.24) is 0 Å². The molecule has 1 aliphatic rings. The van der Waals surface area contributed by atoms with Gasteiger partial charge in [0.05, 0.1) is 5.92 Å². The molecule has 0 aromatic heterocycles. The molecule has 0 aliphatic carbocycles. The summed E-state index contributed by atoms with van der Waals surface area (Å²) >= 11 is 0. The van der Waals surface area contributed by atoms with Crippen LogP contribution in [0.5, 0.6) is 11.5 Å². The van der Waals surface area contributed by atoms with Gasteiger partial charge in [-0.05, 0) is 25.5 Å². The second-order valence-corrected chi connectivity index (χ2v) is 5.27. The van der Waals surface area contributed by atoms with Crippen molar-refractivity contribution >= 4 is 0 Å². The van der Waals surface area contributed by atoms with E-state index in [9.17, 15) is 5.11 Å². The van der Waals surface area contributed by atoms with Gasteiger partial charge in [-0.2, -0.15) is 0 Å². The van der Waals surface area contributed by atoms with Gasteiger partial charge >= 0.3 is 0 Å². The molecule has 0 saturated carbocycles. The monoisotopic (exact) mass is 240 g/mol. The number of phenols is 1. The van der Waals surface area contributed by atoms with Gasteiger partial charge in [0.2, 0.25) is 0 Å². The average Bonchev–Trinajstić information content (AvgIpc) is 2.59. The van der Waals surface area contributed by atoms with Gasteiger partial charge in [-0.15, -0.1) is 0 Å². The Labute approximate surface area is 107 Å². The van der Waals surface area contributed by atoms with E-state index in [0.29, 0.717) is 0 Å². The first kappa shape index (κ1) is 11.1. The number of ether oxygens (including phenoxy) is 1. The number of benzene rings is 2. The Hall–Kier alpha value is -1.96. The van der Waals surface area contributed by atoms with E-state index in [1.807, 2.05) is 24.3 Å². The standard InChI is InChI=1S/C16H16O2/c1-16(2)15(11-6-4-3-5-7-11)13-9-8-12(17)10-14(13)18-16/h3-10,15,17H,1-2H3. The first-order valence-corrected chi connectivity index (χ1v) is 6.15. The summed E-state index contributed by atoms with van der Waals surface area (Å²) in [4.78, 5) is 0. The van der Waals surface area contributed by atoms with Crippen LogP contribution in [0.3, 0.4) is 0 Å². The van der Waals surface area contributed by atoms with Crippen molar-refractivity contribution in [2.75, 3.05) is 0 Å². The Morgan fingerprint density at radius 3 is 2.50 bits per heavy atom. The Kier molecular flexibility index (Phi) is 2.34. The quantitative estimate of drug-likeness (QED) is 0.823. The molecule has 1 N–H and O–H groups in total. The van der Waals surface area contributed by atoms with Crippen molar-refractivity contribution in [2.24, 2.45) is 0 Å². The minimum atomic E-state index is -0.294. The van der Waals surface area contributed by atoms with Gasteiger partial charge in [0, 0.05) is 11.6 Å². The number of rotatable bonds is 1. The number of aromatic hydroxyl groups is 1. The van der Waals surface area contributed by atoms with Crippen LogP contribution in [-0.2, 0) is 0 Å². The van der Waals surface area contributed by atoms with Crippen molar-refractivity contribution in [3.05, 3.63) is 59.7 Å². The van der Waals surface area contributed by atoms with Gasteiger partial charge in [0.15, 0.2) is 0 Å². The van der Waals surface area contributed by atoms with Gasteiger partial charge < -0.3 is 9.84 Å². The van der Waals surface area contributed by atoms with E-state index >= 15 is 0 Å². The van der Waals surface area contributed by atoms with Crippen LogP contribution in [0.15, 0.2) is 48.5 Å². The molecule has 3 rings (SSSR count). The molecule has 0 radical (unpaired) electrons. The van der Waals surface area contributed by atoms with Crippen LogP contribution >= 0.6 is 0 Å². The van der Waals surface area contributed by atoms with Crippen LogP contribution in [0.4, 0.5) is 0 Å². The fraction of sp³-hybridized carbons (Fsp3) is 0.250. The van der Waals surface area contributed by atoms with Crippen LogP contribution < -0.4 is 4.74 Å². The summed E-state index contributed by atoms with van der Waals surface area (Å²) in [6.07, 6.45) is 0. The predicted octanol–water partition coefficient (Wildman–Crippen LogP) is 3.70. The van der Waals surface area contributed by atoms with Crippen molar-refractivity contribution in [3.63, 3.8) is 0 Å². The predicted molar refractivity (Wildman–Crippen MR) is 71.1 cm³/mol. The molecule has 2 aromatic rings. The molecule has 1 heterocycles. The molecule has 0 saturated heterocycles. The van der Waals surface area contributed by atoms with Gasteiger partial charge in [-0.3, -0.25) is 0 Å². The lowest BCUT2D eigenvalue weighted by Crippen LogP contribution is -2.30. The SMILES string of the molecule is CC1(C)Oc2cc(O)ccc2C1c1ccccc1. The zero-order valence-corrected chi connectivity index (χ0v) is 10.6. The Bertz CT molecular complexity index is 573. The lowest BCUT2D eigenvalue weighted by atomic mass is 9.81. The maximum atomic E-state index is 9.54. The zero-order valence-electron chi connectivity index (χ0n) is 10.6. The van der Waals surface area contributed by atoms with Crippen molar-refractivity contribution in [3.8, 4) is 11.5 Å². The lowest BCUT2D eigenvalue weighted by molar-refractivity contribution is 0.122. The van der Waals surface area contributed by atoms with Crippen LogP contribution in [0.2, 0.25) is 0 Å². The second-order valence-electron chi connectivity index (χ2n) is 5.27. The summed E-state index contributed by atoms with van der Waals surface area (Å²) in [7, 11) is 0. The highest BCUT2D eigenvalue weighted by molar-refractivity contribution is 5.51. The summed E-state index contributed by atoms with van der Waals surface area (Å²) in [5, 5.41) is 9.54. The number of hydrogen-bond acceptors (Lipinski definition) is 2. The van der Waals surface area contributed by atoms with Crippen LogP contribution in [-0.4, -0.2) is 10.7 Å². The minimum absolute atomic E-state index is 0.203. The van der Waals surface area contributed by atoms with Crippen molar-refractivity contribution in [1.29, 1.82) is 0 Å². The second kappa shape index (κ2) is 3.77. The van der Waals surface area contributed by atoms with Crippen molar-refractivity contribution in [2.45, 2.75) is 25.4 Å². The zero-order chi connectivity index (χ0) is 12.8. The van der Waals surface area contributed by atoms with Gasteiger partial charge in [0.1, 0.15) is 17.1 Å². The van der Waals surface area contributed by atoms with Gasteiger partial charge in [0.25, 0.3) is 0 Å². The largest absolute Gasteiger partial charge is 0.508 e. The minimum Gasteiger partial charge on any atom is -0.508 e. The highest BCUT2D eigenvalue weighted by atomic mass is 16.5. The summed E-state index contributed by atoms with van der Waals surface area (Å²) in [5.41, 5.74) is 2.09. The maximum Gasteiger partial charge on any atom is 0.127 e. The number of phenolic OH excluding ortho intramolecular Hbond substituents is 1. The normalized spacial score (nSPS) is 20.2. The third kappa shape index (κ3) is 1.65. The van der Waals surface area contributed by atoms with Gasteiger partial charge in [-0.1, -0.05) is 36.4 Å². The average molecular weight is 240 g/mol. The van der Waals surface area contributed by atoms with Crippen LogP contribution in [0, 0.1) is 0 Å². The Morgan fingerprint density at radius 1 is 1.06 bits per heavy atom. The topological polar surface area (TPSA) is 29.5 Å². The van der Waals surface area contributed by atoms with Crippen LogP contribution in [0.25, 0.3) is 0 Å². The van der Waals surface area contributed by atoms with Crippen LogP contribution in [0.1, 0.15) is 30.9 Å². The van der Waals surface area contributed by atoms with E-state index in [1.54, 1.807) is 12.1 Å². The molecule has 0 fully saturated rings. The van der Waals surface area contributed by atoms with Crippen molar-refractivity contribution < 1.29 is 9.84 Å². The van der Waals surface area contributed by atoms with E-state index in [-0.39, 0.29) is 17.3 Å². The highest BCUT2D eigenvalue weighted by Gasteiger charge is 2.41. The fourth-order valence-electron chi connectivity index (χ4n) is 2.79. The molecule has 0 spiro atoms. The highest BCUT2D eigenvalue weighted by Crippen LogP contribution is 2.48. The van der Waals surface area contributed by atoms with E-state index in [0.717, 1.165) is 11.3 Å². The molecule has 1 unspecified atom stereocenters. The molecular formula is C16H16O2. The maximum absolute atomic E-state index is 9.54. The van der Waals surface area contributed by atoms with E-state index in [2.05, 4.69) is 26.0 Å². The number of fused-ring (bicyclic) bond motifs is 1. The Balaban J connectivity index is 2.15. The van der Waals surface area contributed by atoms with E-state index in [4.69, 9.17) is 4.74 Å². The Morgan fingerprint density at radius 2 is 1.78 bits per heavy atom. The number of hydrogen-bond donors (Lipinski definition) is 1. The molecule has 0 amide bonds. The van der Waals surface area contributed by atoms with Gasteiger partial charge in [-0.25, -0.2) is 0 Å². The molecule has 0 bridgehead atoms. The third-order valence-corrected chi connectivity index (χ3v) is 3.51. The molecular weight excluding hydrogens is 224 g/mol. The van der Waals surface area contributed by atoms with E-state index in [1.165, 1.54) is 5.56 Å². The summed E-state index contributed by atoms with van der Waals surface area (Å²) in [6, 6.07) is 15.7. The lowest BCUT2D eigenvalue weighted by Gasteiger charge is -2.26. The summed E-state index contributed by atoms with van der Waals surface area (Å²) < 4.78 is 5.98. The third-order valence-electron chi connectivity index (χ3n) is 3.51. The molecule has 18 heavy (non-hydrogen) atoms.